The van der Waals surface area contributed by atoms with Crippen molar-refractivity contribution in [3.63, 3.8) is 0 Å². The Morgan fingerprint density at radius 3 is 2.82 bits per heavy atom. The molecule has 22 heavy (non-hydrogen) atoms. The van der Waals surface area contributed by atoms with Gasteiger partial charge in [-0.25, -0.2) is 9.98 Å². The van der Waals surface area contributed by atoms with Crippen molar-refractivity contribution >= 4 is 41.3 Å². The maximum absolute atomic E-state index is 4.70. The smallest absolute Gasteiger partial charge is 0.194 e. The largest absolute Gasteiger partial charge is 0.357 e. The average molecular weight is 436 g/mol. The van der Waals surface area contributed by atoms with Gasteiger partial charge in [-0.3, -0.25) is 0 Å². The molecule has 0 unspecified atom stereocenters. The zero-order chi connectivity index (χ0) is 15.5. The molecular weight excluding hydrogens is 407 g/mol. The highest BCUT2D eigenvalue weighted by molar-refractivity contribution is 14.0. The number of nitrogens with one attached hydrogen (secondary N) is 1. The molecule has 0 aromatic carbocycles. The summed E-state index contributed by atoms with van der Waals surface area (Å²) in [5.74, 6) is 0.979. The fourth-order valence-corrected chi connectivity index (χ4v) is 2.74. The first-order valence-corrected chi connectivity index (χ1v) is 8.50. The first kappa shape index (κ1) is 21.4. The van der Waals surface area contributed by atoms with E-state index in [1.807, 2.05) is 19.2 Å². The van der Waals surface area contributed by atoms with Crippen LogP contribution in [0.3, 0.4) is 0 Å². The third-order valence-electron chi connectivity index (χ3n) is 3.15. The lowest BCUT2D eigenvalue weighted by Crippen LogP contribution is -2.39. The van der Waals surface area contributed by atoms with E-state index in [-0.39, 0.29) is 24.0 Å². The van der Waals surface area contributed by atoms with Gasteiger partial charge >= 0.3 is 0 Å². The van der Waals surface area contributed by atoms with Crippen LogP contribution < -0.4 is 5.32 Å². The standard InChI is InChI=1S/C16H28N4S.HI/c1-5-7-8-9-10-11-20(4)16(17-6-2)19-13-15-12-18-14(3)21-15;/h5,12H,1,6-11,13H2,2-4H3,(H,17,19);1H. The second-order valence-electron chi connectivity index (χ2n) is 5.08. The first-order valence-electron chi connectivity index (χ1n) is 7.69. The SMILES string of the molecule is C=CCCCCCN(C)C(=NCc1cnc(C)s1)NCC.I. The van der Waals surface area contributed by atoms with Crippen molar-refractivity contribution in [1.82, 2.24) is 15.2 Å². The van der Waals surface area contributed by atoms with Crippen molar-refractivity contribution in [3.8, 4) is 0 Å². The Morgan fingerprint density at radius 2 is 2.23 bits per heavy atom. The second-order valence-corrected chi connectivity index (χ2v) is 6.39. The maximum atomic E-state index is 4.70. The van der Waals surface area contributed by atoms with Crippen LogP contribution in [-0.2, 0) is 6.54 Å². The zero-order valence-corrected chi connectivity index (χ0v) is 17.1. The Balaban J connectivity index is 0.00000441. The molecule has 0 atom stereocenters. The lowest BCUT2D eigenvalue weighted by atomic mass is 10.2. The quantitative estimate of drug-likeness (QED) is 0.207. The van der Waals surface area contributed by atoms with Gasteiger partial charge in [-0.2, -0.15) is 0 Å². The number of hydrogen-bond donors (Lipinski definition) is 1. The highest BCUT2D eigenvalue weighted by Crippen LogP contribution is 2.12. The molecule has 1 aromatic heterocycles. The van der Waals surface area contributed by atoms with Crippen LogP contribution in [0.1, 0.15) is 42.5 Å². The van der Waals surface area contributed by atoms with Crippen LogP contribution in [0.4, 0.5) is 0 Å². The van der Waals surface area contributed by atoms with Gasteiger partial charge in [0.05, 0.1) is 11.6 Å². The van der Waals surface area contributed by atoms with E-state index >= 15 is 0 Å². The molecule has 0 radical (unpaired) electrons. The van der Waals surface area contributed by atoms with Gasteiger partial charge in [0.15, 0.2) is 5.96 Å². The zero-order valence-electron chi connectivity index (χ0n) is 14.0. The Morgan fingerprint density at radius 1 is 1.45 bits per heavy atom. The number of rotatable bonds is 9. The second kappa shape index (κ2) is 12.9. The van der Waals surface area contributed by atoms with Gasteiger partial charge < -0.3 is 10.2 Å². The molecule has 1 heterocycles. The predicted octanol–water partition coefficient (Wildman–Crippen LogP) is 4.21. The highest BCUT2D eigenvalue weighted by Gasteiger charge is 2.05. The van der Waals surface area contributed by atoms with Gasteiger partial charge in [-0.1, -0.05) is 12.5 Å². The van der Waals surface area contributed by atoms with Crippen LogP contribution in [-0.4, -0.2) is 36.0 Å². The summed E-state index contributed by atoms with van der Waals surface area (Å²) in [6, 6.07) is 0. The van der Waals surface area contributed by atoms with Crippen molar-refractivity contribution in [3.05, 3.63) is 28.7 Å². The normalized spacial score (nSPS) is 11.0. The fourth-order valence-electron chi connectivity index (χ4n) is 2.02. The minimum Gasteiger partial charge on any atom is -0.357 e. The van der Waals surface area contributed by atoms with Crippen LogP contribution >= 0.6 is 35.3 Å². The summed E-state index contributed by atoms with van der Waals surface area (Å²) in [4.78, 5) is 12.4. The Kier molecular flexibility index (Phi) is 12.5. The molecular formula is C16H29IN4S. The van der Waals surface area contributed by atoms with Crippen LogP contribution in [0.25, 0.3) is 0 Å². The molecule has 1 rings (SSSR count). The number of thiazole rings is 1. The first-order chi connectivity index (χ1) is 10.2. The molecule has 1 N–H and O–H groups in total. The van der Waals surface area contributed by atoms with Gasteiger partial charge in [0.1, 0.15) is 0 Å². The predicted molar refractivity (Wildman–Crippen MR) is 108 cm³/mol. The molecule has 0 saturated heterocycles. The van der Waals surface area contributed by atoms with E-state index in [0.717, 1.165) is 30.5 Å². The van der Waals surface area contributed by atoms with Crippen LogP contribution in [0.5, 0.6) is 0 Å². The Bertz CT molecular complexity index is 445. The summed E-state index contributed by atoms with van der Waals surface area (Å²) in [6.45, 7) is 10.5. The van der Waals surface area contributed by atoms with E-state index in [1.54, 1.807) is 11.3 Å². The fraction of sp³-hybridized carbons (Fsp3) is 0.625. The topological polar surface area (TPSA) is 40.5 Å². The van der Waals surface area contributed by atoms with Crippen molar-refractivity contribution in [1.29, 1.82) is 0 Å². The summed E-state index contributed by atoms with van der Waals surface area (Å²) in [5, 5.41) is 4.45. The maximum Gasteiger partial charge on any atom is 0.194 e. The van der Waals surface area contributed by atoms with Gasteiger partial charge in [0.2, 0.25) is 0 Å². The molecule has 4 nitrogen and oxygen atoms in total. The molecule has 6 heteroatoms. The number of aliphatic imine (C=N–C) groups is 1. The third-order valence-corrected chi connectivity index (χ3v) is 4.05. The van der Waals surface area contributed by atoms with Gasteiger partial charge in [0.25, 0.3) is 0 Å². The van der Waals surface area contributed by atoms with Crippen molar-refractivity contribution < 1.29 is 0 Å². The van der Waals surface area contributed by atoms with Crippen LogP contribution in [0.2, 0.25) is 0 Å². The van der Waals surface area contributed by atoms with E-state index in [1.165, 1.54) is 24.1 Å². The number of nitrogens with zero attached hydrogens (tertiary/aromatic N) is 3. The molecule has 0 saturated carbocycles. The van der Waals surface area contributed by atoms with Crippen LogP contribution in [0.15, 0.2) is 23.8 Å². The summed E-state index contributed by atoms with van der Waals surface area (Å²) >= 11 is 1.71. The lowest BCUT2D eigenvalue weighted by molar-refractivity contribution is 0.455. The minimum absolute atomic E-state index is 0. The van der Waals surface area contributed by atoms with Gasteiger partial charge in [0, 0.05) is 31.2 Å². The number of guanidine groups is 1. The molecule has 1 aromatic rings. The molecule has 0 bridgehead atoms. The Hall–Kier alpha value is -0.630. The molecule has 0 fully saturated rings. The van der Waals surface area contributed by atoms with Crippen molar-refractivity contribution in [2.45, 2.75) is 46.1 Å². The van der Waals surface area contributed by atoms with Gasteiger partial charge in [-0.05, 0) is 33.1 Å². The number of aryl methyl sites for hydroxylation is 1. The summed E-state index contributed by atoms with van der Waals surface area (Å²) < 4.78 is 0. The molecule has 0 aliphatic carbocycles. The highest BCUT2D eigenvalue weighted by atomic mass is 127. The number of hydrogen-bond acceptors (Lipinski definition) is 3. The van der Waals surface area contributed by atoms with E-state index in [0.29, 0.717) is 6.54 Å². The molecule has 126 valence electrons. The number of unbranched alkanes of at least 4 members (excludes halogenated alkanes) is 3. The van der Waals surface area contributed by atoms with E-state index in [9.17, 15) is 0 Å². The number of halogens is 1. The Labute approximate surface area is 156 Å². The monoisotopic (exact) mass is 436 g/mol. The van der Waals surface area contributed by atoms with Crippen molar-refractivity contribution in [2.75, 3.05) is 20.1 Å². The van der Waals surface area contributed by atoms with Crippen LogP contribution in [0, 0.1) is 6.92 Å². The number of allylic oxidation sites excluding steroid dienone is 1. The third kappa shape index (κ3) is 8.73. The molecule has 0 aliphatic rings. The molecule has 0 amide bonds. The molecule has 0 aliphatic heterocycles. The summed E-state index contributed by atoms with van der Waals surface area (Å²) in [6.07, 6.45) is 8.68. The summed E-state index contributed by atoms with van der Waals surface area (Å²) in [7, 11) is 2.10. The molecule has 0 spiro atoms. The van der Waals surface area contributed by atoms with E-state index in [2.05, 4.69) is 35.8 Å². The van der Waals surface area contributed by atoms with E-state index in [4.69, 9.17) is 4.99 Å². The van der Waals surface area contributed by atoms with E-state index < -0.39 is 0 Å². The van der Waals surface area contributed by atoms with Crippen molar-refractivity contribution in [2.24, 2.45) is 4.99 Å². The van der Waals surface area contributed by atoms with Gasteiger partial charge in [-0.15, -0.1) is 41.9 Å². The number of aromatic nitrogens is 1. The minimum atomic E-state index is 0. The average Bonchev–Trinajstić information content (AvgIpc) is 2.88. The summed E-state index contributed by atoms with van der Waals surface area (Å²) in [5.41, 5.74) is 0. The lowest BCUT2D eigenvalue weighted by Gasteiger charge is -2.21.